The summed E-state index contributed by atoms with van der Waals surface area (Å²) in [5.74, 6) is 0.378. The van der Waals surface area contributed by atoms with E-state index in [0.29, 0.717) is 18.7 Å². The fourth-order valence-electron chi connectivity index (χ4n) is 2.99. The molecule has 0 aliphatic carbocycles. The van der Waals surface area contributed by atoms with E-state index in [1.165, 1.54) is 17.2 Å². The first-order valence-corrected chi connectivity index (χ1v) is 9.14. The largest absolute Gasteiger partial charge is 0.352 e. The highest BCUT2D eigenvalue weighted by Crippen LogP contribution is 2.17. The van der Waals surface area contributed by atoms with Gasteiger partial charge in [0.2, 0.25) is 5.91 Å². The minimum absolute atomic E-state index is 0.0166. The Morgan fingerprint density at radius 3 is 2.52 bits per heavy atom. The quantitative estimate of drug-likeness (QED) is 0.680. The molecule has 0 fully saturated rings. The molecule has 0 unspecified atom stereocenters. The number of rotatable bonds is 7. The van der Waals surface area contributed by atoms with E-state index < -0.39 is 0 Å². The van der Waals surface area contributed by atoms with E-state index >= 15 is 0 Å². The van der Waals surface area contributed by atoms with Gasteiger partial charge in [-0.2, -0.15) is 0 Å². The van der Waals surface area contributed by atoms with Gasteiger partial charge in [0.05, 0.1) is 5.69 Å². The van der Waals surface area contributed by atoms with Gasteiger partial charge in [0, 0.05) is 25.4 Å². The maximum Gasteiger partial charge on any atom is 0.220 e. The topological polar surface area (TPSA) is 46.9 Å². The molecule has 0 spiro atoms. The number of carbonyl (C=O) groups excluding carboxylic acids is 1. The number of aromatic nitrogens is 2. The van der Waals surface area contributed by atoms with Crippen molar-refractivity contribution in [3.05, 3.63) is 83.2 Å². The summed E-state index contributed by atoms with van der Waals surface area (Å²) in [5, 5.41) is 2.86. The van der Waals surface area contributed by atoms with Gasteiger partial charge in [0.1, 0.15) is 11.6 Å². The Morgan fingerprint density at radius 2 is 1.85 bits per heavy atom. The summed E-state index contributed by atoms with van der Waals surface area (Å²) >= 11 is 0. The van der Waals surface area contributed by atoms with E-state index in [2.05, 4.69) is 41.5 Å². The van der Waals surface area contributed by atoms with Gasteiger partial charge in [0.15, 0.2) is 0 Å². The van der Waals surface area contributed by atoms with Gasteiger partial charge in [-0.25, -0.2) is 9.37 Å². The number of imidazole rings is 1. The van der Waals surface area contributed by atoms with Crippen LogP contribution < -0.4 is 5.32 Å². The highest BCUT2D eigenvalue weighted by molar-refractivity contribution is 5.75. The lowest BCUT2D eigenvalue weighted by Crippen LogP contribution is -2.22. The number of carbonyl (C=O) groups is 1. The summed E-state index contributed by atoms with van der Waals surface area (Å²) in [7, 11) is 0. The first kappa shape index (κ1) is 18.8. The average molecular weight is 365 g/mol. The van der Waals surface area contributed by atoms with Crippen LogP contribution in [0.1, 0.15) is 35.4 Å². The molecule has 0 bridgehead atoms. The van der Waals surface area contributed by atoms with Gasteiger partial charge in [-0.3, -0.25) is 4.79 Å². The van der Waals surface area contributed by atoms with Crippen LogP contribution >= 0.6 is 0 Å². The van der Waals surface area contributed by atoms with E-state index in [0.717, 1.165) is 24.2 Å². The smallest absolute Gasteiger partial charge is 0.220 e. The Kier molecular flexibility index (Phi) is 6.01. The predicted octanol–water partition coefficient (Wildman–Crippen LogP) is 4.27. The van der Waals surface area contributed by atoms with Gasteiger partial charge in [-0.1, -0.05) is 35.9 Å². The molecule has 1 heterocycles. The van der Waals surface area contributed by atoms with Gasteiger partial charge in [-0.05, 0) is 49.9 Å². The van der Waals surface area contributed by atoms with E-state index in [1.54, 1.807) is 23.0 Å². The third-order valence-corrected chi connectivity index (χ3v) is 4.58. The van der Waals surface area contributed by atoms with E-state index in [4.69, 9.17) is 0 Å². The molecule has 4 nitrogen and oxygen atoms in total. The zero-order valence-electron chi connectivity index (χ0n) is 15.7. The maximum absolute atomic E-state index is 14.4. The first-order valence-electron chi connectivity index (χ1n) is 9.14. The summed E-state index contributed by atoms with van der Waals surface area (Å²) in [6, 6.07) is 13.4. The van der Waals surface area contributed by atoms with Crippen molar-refractivity contribution in [2.24, 2.45) is 0 Å². The minimum Gasteiger partial charge on any atom is -0.352 e. The molecule has 3 rings (SSSR count). The van der Waals surface area contributed by atoms with Gasteiger partial charge in [0.25, 0.3) is 0 Å². The van der Waals surface area contributed by atoms with Crippen molar-refractivity contribution in [2.75, 3.05) is 0 Å². The summed E-state index contributed by atoms with van der Waals surface area (Å²) in [4.78, 5) is 16.1. The van der Waals surface area contributed by atoms with Crippen LogP contribution in [0, 0.1) is 19.7 Å². The second-order valence-corrected chi connectivity index (χ2v) is 6.75. The number of hydrogen-bond acceptors (Lipinski definition) is 2. The Hall–Kier alpha value is -2.95. The van der Waals surface area contributed by atoms with Crippen molar-refractivity contribution in [1.82, 2.24) is 14.9 Å². The molecule has 0 atom stereocenters. The summed E-state index contributed by atoms with van der Waals surface area (Å²) in [6.07, 6.45) is 5.49. The van der Waals surface area contributed by atoms with E-state index in [1.807, 2.05) is 13.0 Å². The molecule has 0 aliphatic heterocycles. The van der Waals surface area contributed by atoms with Crippen LogP contribution in [0.3, 0.4) is 0 Å². The van der Waals surface area contributed by atoms with Crippen molar-refractivity contribution >= 4 is 5.91 Å². The van der Waals surface area contributed by atoms with Crippen molar-refractivity contribution in [1.29, 1.82) is 0 Å². The maximum atomic E-state index is 14.4. The summed E-state index contributed by atoms with van der Waals surface area (Å²) < 4.78 is 16.1. The molecule has 0 saturated carbocycles. The fourth-order valence-corrected chi connectivity index (χ4v) is 2.99. The highest BCUT2D eigenvalue weighted by Gasteiger charge is 2.09. The molecule has 0 aliphatic rings. The van der Waals surface area contributed by atoms with Crippen LogP contribution in [-0.4, -0.2) is 15.5 Å². The number of benzene rings is 2. The third-order valence-electron chi connectivity index (χ3n) is 4.58. The Bertz CT molecular complexity index is 916. The van der Waals surface area contributed by atoms with Crippen molar-refractivity contribution in [2.45, 2.75) is 39.7 Å². The molecule has 140 valence electrons. The number of nitrogens with one attached hydrogen (secondary N) is 1. The monoisotopic (exact) mass is 365 g/mol. The summed E-state index contributed by atoms with van der Waals surface area (Å²) in [5.41, 5.74) is 3.66. The van der Waals surface area contributed by atoms with Crippen LogP contribution in [0.25, 0.3) is 5.69 Å². The van der Waals surface area contributed by atoms with Gasteiger partial charge in [-0.15, -0.1) is 0 Å². The molecule has 0 saturated heterocycles. The van der Waals surface area contributed by atoms with Crippen LogP contribution in [0.5, 0.6) is 0 Å². The number of hydrogen-bond donors (Lipinski definition) is 1. The molecule has 2 aromatic carbocycles. The number of nitrogens with zero attached hydrogens (tertiary/aromatic N) is 2. The zero-order valence-corrected chi connectivity index (χ0v) is 15.7. The molecule has 1 aromatic heterocycles. The number of amides is 1. The van der Waals surface area contributed by atoms with Crippen LogP contribution in [-0.2, 0) is 17.8 Å². The normalized spacial score (nSPS) is 10.8. The lowest BCUT2D eigenvalue weighted by Gasteiger charge is -2.10. The first-order chi connectivity index (χ1) is 13.0. The van der Waals surface area contributed by atoms with Crippen molar-refractivity contribution < 1.29 is 9.18 Å². The molecule has 1 N–H and O–H groups in total. The standard InChI is InChI=1S/C22H24FN3O/c1-16-6-8-18(9-7-16)4-3-5-22(27)25-15-19-10-11-21(20(23)14-19)26-13-12-24-17(26)2/h6-14H,3-5,15H2,1-2H3,(H,25,27). The lowest BCUT2D eigenvalue weighted by atomic mass is 10.1. The Labute approximate surface area is 159 Å². The molecule has 5 heteroatoms. The molecule has 27 heavy (non-hydrogen) atoms. The van der Waals surface area contributed by atoms with Crippen LogP contribution in [0.15, 0.2) is 54.9 Å². The number of aryl methyl sites for hydroxylation is 3. The second-order valence-electron chi connectivity index (χ2n) is 6.75. The molecular weight excluding hydrogens is 341 g/mol. The fraction of sp³-hybridized carbons (Fsp3) is 0.273. The SMILES string of the molecule is Cc1ccc(CCCC(=O)NCc2ccc(-n3ccnc3C)c(F)c2)cc1. The van der Waals surface area contributed by atoms with Gasteiger partial charge >= 0.3 is 0 Å². The van der Waals surface area contributed by atoms with Crippen molar-refractivity contribution in [3.8, 4) is 5.69 Å². The lowest BCUT2D eigenvalue weighted by molar-refractivity contribution is -0.121. The molecule has 1 amide bonds. The molecular formula is C22H24FN3O. The van der Waals surface area contributed by atoms with Crippen LogP contribution in [0.4, 0.5) is 4.39 Å². The second kappa shape index (κ2) is 8.62. The van der Waals surface area contributed by atoms with Gasteiger partial charge < -0.3 is 9.88 Å². The molecule has 3 aromatic rings. The third kappa shape index (κ3) is 5.03. The van der Waals surface area contributed by atoms with E-state index in [9.17, 15) is 9.18 Å². The Morgan fingerprint density at radius 1 is 1.11 bits per heavy atom. The average Bonchev–Trinajstić information content (AvgIpc) is 3.07. The minimum atomic E-state index is -0.331. The van der Waals surface area contributed by atoms with Crippen LogP contribution in [0.2, 0.25) is 0 Å². The highest BCUT2D eigenvalue weighted by atomic mass is 19.1. The predicted molar refractivity (Wildman–Crippen MR) is 104 cm³/mol. The molecule has 0 radical (unpaired) electrons. The van der Waals surface area contributed by atoms with E-state index in [-0.39, 0.29) is 11.7 Å². The Balaban J connectivity index is 1.48. The zero-order chi connectivity index (χ0) is 19.2. The van der Waals surface area contributed by atoms with Crippen molar-refractivity contribution in [3.63, 3.8) is 0 Å². The summed E-state index contributed by atoms with van der Waals surface area (Å²) in [6.45, 7) is 4.21. The number of halogens is 1.